The van der Waals surface area contributed by atoms with Crippen LogP contribution in [0.1, 0.15) is 11.1 Å². The Labute approximate surface area is 145 Å². The Kier molecular flexibility index (Phi) is 6.82. The van der Waals surface area contributed by atoms with Crippen LogP contribution in [0.5, 0.6) is 0 Å². The van der Waals surface area contributed by atoms with E-state index in [0.29, 0.717) is 11.7 Å². The smallest absolute Gasteiger partial charge is 0.379 e. The summed E-state index contributed by atoms with van der Waals surface area (Å²) in [6.45, 7) is 5.46. The second-order valence-electron chi connectivity index (χ2n) is 5.74. The zero-order valence-electron chi connectivity index (χ0n) is 13.6. The topological polar surface area (TPSA) is 27.7 Å². The number of rotatable bonds is 5. The van der Waals surface area contributed by atoms with Crippen molar-refractivity contribution in [3.63, 3.8) is 0 Å². The van der Waals surface area contributed by atoms with Crippen LogP contribution >= 0.6 is 12.2 Å². The van der Waals surface area contributed by atoms with Gasteiger partial charge in [0.1, 0.15) is 0 Å². The molecule has 134 valence electrons. The van der Waals surface area contributed by atoms with E-state index >= 15 is 0 Å². The summed E-state index contributed by atoms with van der Waals surface area (Å²) in [5.41, 5.74) is 0.142. The highest BCUT2D eigenvalue weighted by Crippen LogP contribution is 2.29. The lowest BCUT2D eigenvalue weighted by atomic mass is 10.1. The van der Waals surface area contributed by atoms with Gasteiger partial charge in [-0.25, -0.2) is 0 Å². The number of nitrogens with zero attached hydrogens (tertiary/aromatic N) is 2. The van der Waals surface area contributed by atoms with E-state index in [2.05, 4.69) is 10.2 Å². The molecule has 1 heterocycles. The van der Waals surface area contributed by atoms with Gasteiger partial charge < -0.3 is 15.0 Å². The molecule has 0 amide bonds. The van der Waals surface area contributed by atoms with Gasteiger partial charge in [-0.1, -0.05) is 12.1 Å². The van der Waals surface area contributed by atoms with E-state index in [1.165, 1.54) is 12.1 Å². The average Bonchev–Trinajstić information content (AvgIpc) is 2.55. The quantitative estimate of drug-likeness (QED) is 0.813. The molecular formula is C16H22F3N3OS. The van der Waals surface area contributed by atoms with Gasteiger partial charge in [0.15, 0.2) is 5.11 Å². The van der Waals surface area contributed by atoms with Crippen molar-refractivity contribution in [3.8, 4) is 0 Å². The first-order valence-electron chi connectivity index (χ1n) is 7.81. The Morgan fingerprint density at radius 2 is 1.88 bits per heavy atom. The third-order valence-corrected chi connectivity index (χ3v) is 4.31. The predicted octanol–water partition coefficient (Wildman–Crippen LogP) is 2.34. The van der Waals surface area contributed by atoms with Crippen molar-refractivity contribution in [1.29, 1.82) is 0 Å². The molecule has 4 nitrogen and oxygen atoms in total. The van der Waals surface area contributed by atoms with E-state index in [1.54, 1.807) is 0 Å². The third-order valence-electron chi connectivity index (χ3n) is 3.86. The van der Waals surface area contributed by atoms with Crippen LogP contribution in [0, 0.1) is 0 Å². The SMILES string of the molecule is CN(Cc1ccc(C(F)(F)F)cc1)C(=S)NCCN1CCOCC1. The minimum Gasteiger partial charge on any atom is -0.379 e. The second kappa shape index (κ2) is 8.64. The number of halogens is 3. The summed E-state index contributed by atoms with van der Waals surface area (Å²) in [6.07, 6.45) is -4.30. The summed E-state index contributed by atoms with van der Waals surface area (Å²) in [5.74, 6) is 0. The maximum Gasteiger partial charge on any atom is 0.416 e. The van der Waals surface area contributed by atoms with Gasteiger partial charge >= 0.3 is 6.18 Å². The lowest BCUT2D eigenvalue weighted by molar-refractivity contribution is -0.137. The third kappa shape index (κ3) is 5.92. The van der Waals surface area contributed by atoms with Crippen LogP contribution in [0.25, 0.3) is 0 Å². The number of hydrogen-bond donors (Lipinski definition) is 1. The van der Waals surface area contributed by atoms with Crippen molar-refractivity contribution in [1.82, 2.24) is 15.1 Å². The van der Waals surface area contributed by atoms with Gasteiger partial charge in [-0.2, -0.15) is 13.2 Å². The van der Waals surface area contributed by atoms with Crippen molar-refractivity contribution < 1.29 is 17.9 Å². The molecule has 0 aliphatic carbocycles. The van der Waals surface area contributed by atoms with Gasteiger partial charge in [-0.3, -0.25) is 4.90 Å². The normalized spacial score (nSPS) is 16.0. The molecule has 1 N–H and O–H groups in total. The van der Waals surface area contributed by atoms with Gasteiger partial charge in [0.05, 0.1) is 18.8 Å². The zero-order chi connectivity index (χ0) is 17.6. The van der Waals surface area contributed by atoms with Crippen LogP contribution in [0.4, 0.5) is 13.2 Å². The van der Waals surface area contributed by atoms with Crippen LogP contribution in [0.15, 0.2) is 24.3 Å². The van der Waals surface area contributed by atoms with Gasteiger partial charge in [-0.15, -0.1) is 0 Å². The molecular weight excluding hydrogens is 339 g/mol. The maximum absolute atomic E-state index is 12.6. The molecule has 0 radical (unpaired) electrons. The molecule has 2 rings (SSSR count). The Hall–Kier alpha value is -1.38. The Bertz CT molecular complexity index is 530. The molecule has 1 aromatic rings. The van der Waals surface area contributed by atoms with E-state index in [-0.39, 0.29) is 0 Å². The first-order chi connectivity index (χ1) is 11.4. The molecule has 0 atom stereocenters. The molecule has 0 aromatic heterocycles. The van der Waals surface area contributed by atoms with Crippen molar-refractivity contribution in [3.05, 3.63) is 35.4 Å². The number of benzene rings is 1. The Morgan fingerprint density at radius 3 is 2.46 bits per heavy atom. The van der Waals surface area contributed by atoms with Crippen molar-refractivity contribution in [2.45, 2.75) is 12.7 Å². The Morgan fingerprint density at radius 1 is 1.25 bits per heavy atom. The fourth-order valence-corrected chi connectivity index (χ4v) is 2.59. The number of thiocarbonyl (C=S) groups is 1. The lowest BCUT2D eigenvalue weighted by Gasteiger charge is -2.27. The molecule has 8 heteroatoms. The molecule has 1 aliphatic heterocycles. The van der Waals surface area contributed by atoms with Crippen molar-refractivity contribution >= 4 is 17.3 Å². The van der Waals surface area contributed by atoms with Crippen LogP contribution in [0.2, 0.25) is 0 Å². The minimum atomic E-state index is -4.30. The fraction of sp³-hybridized carbons (Fsp3) is 0.562. The monoisotopic (exact) mass is 361 g/mol. The van der Waals surface area contributed by atoms with Gasteiger partial charge in [0.25, 0.3) is 0 Å². The molecule has 1 aliphatic rings. The molecule has 1 fully saturated rings. The highest BCUT2D eigenvalue weighted by Gasteiger charge is 2.29. The van der Waals surface area contributed by atoms with E-state index in [1.807, 2.05) is 11.9 Å². The predicted molar refractivity (Wildman–Crippen MR) is 90.8 cm³/mol. The van der Waals surface area contributed by atoms with Gasteiger partial charge in [-0.05, 0) is 29.9 Å². The number of morpholine rings is 1. The zero-order valence-corrected chi connectivity index (χ0v) is 14.4. The molecule has 0 saturated carbocycles. The van der Waals surface area contributed by atoms with Gasteiger partial charge in [0, 0.05) is 39.8 Å². The van der Waals surface area contributed by atoms with Crippen molar-refractivity contribution in [2.75, 3.05) is 46.4 Å². The summed E-state index contributed by atoms with van der Waals surface area (Å²) < 4.78 is 42.9. The number of nitrogens with one attached hydrogen (secondary N) is 1. The first-order valence-corrected chi connectivity index (χ1v) is 8.22. The first kappa shape index (κ1) is 19.0. The highest BCUT2D eigenvalue weighted by molar-refractivity contribution is 7.80. The number of hydrogen-bond acceptors (Lipinski definition) is 3. The Balaban J connectivity index is 1.74. The summed E-state index contributed by atoms with van der Waals surface area (Å²) >= 11 is 5.32. The summed E-state index contributed by atoms with van der Waals surface area (Å²) in [6, 6.07) is 5.15. The van der Waals surface area contributed by atoms with E-state index in [4.69, 9.17) is 17.0 Å². The summed E-state index contributed by atoms with van der Waals surface area (Å²) in [7, 11) is 1.82. The van der Waals surface area contributed by atoms with E-state index in [9.17, 15) is 13.2 Å². The average molecular weight is 361 g/mol. The molecule has 0 spiro atoms. The van der Waals surface area contributed by atoms with E-state index in [0.717, 1.165) is 57.1 Å². The van der Waals surface area contributed by atoms with E-state index < -0.39 is 11.7 Å². The molecule has 1 saturated heterocycles. The molecule has 1 aromatic carbocycles. The second-order valence-corrected chi connectivity index (χ2v) is 6.12. The largest absolute Gasteiger partial charge is 0.416 e. The highest BCUT2D eigenvalue weighted by atomic mass is 32.1. The lowest BCUT2D eigenvalue weighted by Crippen LogP contribution is -2.43. The fourth-order valence-electron chi connectivity index (χ4n) is 2.43. The van der Waals surface area contributed by atoms with Crippen LogP contribution in [-0.4, -0.2) is 61.4 Å². The molecule has 0 unspecified atom stereocenters. The number of ether oxygens (including phenoxy) is 1. The van der Waals surface area contributed by atoms with Crippen LogP contribution in [-0.2, 0) is 17.5 Å². The maximum atomic E-state index is 12.6. The van der Waals surface area contributed by atoms with Gasteiger partial charge in [0.2, 0.25) is 0 Å². The minimum absolute atomic E-state index is 0.460. The van der Waals surface area contributed by atoms with Crippen LogP contribution in [0.3, 0.4) is 0 Å². The van der Waals surface area contributed by atoms with Crippen LogP contribution < -0.4 is 5.32 Å². The van der Waals surface area contributed by atoms with Crippen molar-refractivity contribution in [2.24, 2.45) is 0 Å². The standard InChI is InChI=1S/C16H22F3N3OS/c1-21(12-13-2-4-14(5-3-13)16(17,18)19)15(24)20-6-7-22-8-10-23-11-9-22/h2-5H,6-12H2,1H3,(H,20,24). The molecule has 24 heavy (non-hydrogen) atoms. The number of alkyl halides is 3. The summed E-state index contributed by atoms with van der Waals surface area (Å²) in [4.78, 5) is 4.12. The summed E-state index contributed by atoms with van der Waals surface area (Å²) in [5, 5.41) is 3.77. The molecule has 0 bridgehead atoms.